The molecule has 1 amide bonds. The smallest absolute Gasteiger partial charge is 0.306 e. The number of aliphatic hydroxyl groups is 2. The van der Waals surface area contributed by atoms with E-state index in [0.717, 1.165) is 116 Å². The normalized spacial score (nSPS) is 14.1. The first-order chi connectivity index (χ1) is 27.0. The van der Waals surface area contributed by atoms with Crippen molar-refractivity contribution in [2.24, 2.45) is 0 Å². The molecule has 3 N–H and O–H groups in total. The number of allylic oxidation sites excluding steroid dienone is 12. The van der Waals surface area contributed by atoms with Gasteiger partial charge in [0, 0.05) is 6.42 Å². The monoisotopic (exact) mass is 768 g/mol. The molecule has 0 aliphatic heterocycles. The van der Waals surface area contributed by atoms with Gasteiger partial charge in [0.05, 0.1) is 25.2 Å². The van der Waals surface area contributed by atoms with Crippen molar-refractivity contribution in [1.82, 2.24) is 5.32 Å². The van der Waals surface area contributed by atoms with E-state index < -0.39 is 18.2 Å². The van der Waals surface area contributed by atoms with E-state index in [9.17, 15) is 19.8 Å². The van der Waals surface area contributed by atoms with Gasteiger partial charge in [-0.3, -0.25) is 9.59 Å². The van der Waals surface area contributed by atoms with Crippen LogP contribution in [0, 0.1) is 0 Å². The Labute approximate surface area is 339 Å². The van der Waals surface area contributed by atoms with Crippen LogP contribution in [0.15, 0.2) is 72.9 Å². The van der Waals surface area contributed by atoms with Crippen molar-refractivity contribution in [1.29, 1.82) is 0 Å². The molecule has 0 aliphatic carbocycles. The molecule has 316 valence electrons. The van der Waals surface area contributed by atoms with Gasteiger partial charge in [0.25, 0.3) is 0 Å². The third-order valence-corrected chi connectivity index (χ3v) is 9.75. The molecule has 3 atom stereocenters. The molecule has 0 rings (SSSR count). The zero-order valence-corrected chi connectivity index (χ0v) is 35.8. The van der Waals surface area contributed by atoms with Crippen LogP contribution in [0.4, 0.5) is 0 Å². The third kappa shape index (κ3) is 38.0. The highest BCUT2D eigenvalue weighted by Crippen LogP contribution is 2.16. The SMILES string of the molecule is CC/C=C\C/C=C\C/C=C\C/C=C\C/C=C\CCCCCC(=O)OC(CCCCC/C=C\CCC)CC(=O)NC(CO)C(O)CCCCCCCCCCC. The van der Waals surface area contributed by atoms with Crippen LogP contribution in [0.3, 0.4) is 0 Å². The highest BCUT2D eigenvalue weighted by Gasteiger charge is 2.24. The first-order valence-corrected chi connectivity index (χ1v) is 22.7. The Morgan fingerprint density at radius 3 is 1.58 bits per heavy atom. The molecule has 0 saturated heterocycles. The number of ether oxygens (including phenoxy) is 1. The van der Waals surface area contributed by atoms with Gasteiger partial charge in [-0.05, 0) is 89.9 Å². The van der Waals surface area contributed by atoms with E-state index in [0.29, 0.717) is 19.3 Å². The lowest BCUT2D eigenvalue weighted by molar-refractivity contribution is -0.151. The standard InChI is InChI=1S/C49H85NO5/c1-4-7-10-13-16-19-20-21-22-23-24-25-26-27-28-30-33-36-39-42-49(54)55-45(40-37-34-31-18-15-12-9-6-3)43-48(53)50-46(44-51)47(52)41-38-35-32-29-17-14-11-8-5-2/h7,10,12,15-16,19,21-22,24-25,27-28,45-47,51-52H,4-6,8-9,11,13-14,17-18,20,23,26,29-44H2,1-3H3,(H,50,53)/b10-7-,15-12-,19-16-,22-21-,25-24-,28-27-. The second kappa shape index (κ2) is 42.4. The van der Waals surface area contributed by atoms with E-state index in [1.54, 1.807) is 0 Å². The molecule has 0 fully saturated rings. The topological polar surface area (TPSA) is 95.9 Å². The predicted octanol–water partition coefficient (Wildman–Crippen LogP) is 13.1. The van der Waals surface area contributed by atoms with E-state index in [1.807, 2.05) is 0 Å². The summed E-state index contributed by atoms with van der Waals surface area (Å²) in [4.78, 5) is 25.9. The van der Waals surface area contributed by atoms with Gasteiger partial charge in [0.2, 0.25) is 5.91 Å². The maximum atomic E-state index is 13.1. The maximum Gasteiger partial charge on any atom is 0.306 e. The van der Waals surface area contributed by atoms with E-state index in [1.165, 1.54) is 38.5 Å². The Bertz CT molecular complexity index is 1040. The Balaban J connectivity index is 4.54. The number of carbonyl (C=O) groups excluding carboxylic acids is 2. The molecule has 0 spiro atoms. The van der Waals surface area contributed by atoms with Crippen molar-refractivity contribution >= 4 is 11.9 Å². The fourth-order valence-electron chi connectivity index (χ4n) is 6.34. The summed E-state index contributed by atoms with van der Waals surface area (Å²) in [5, 5.41) is 23.5. The number of esters is 1. The van der Waals surface area contributed by atoms with Crippen LogP contribution in [0.1, 0.15) is 201 Å². The fourth-order valence-corrected chi connectivity index (χ4v) is 6.34. The minimum Gasteiger partial charge on any atom is -0.462 e. The molecular formula is C49H85NO5. The van der Waals surface area contributed by atoms with Crippen molar-refractivity contribution in [2.45, 2.75) is 219 Å². The van der Waals surface area contributed by atoms with Gasteiger partial charge in [-0.2, -0.15) is 0 Å². The molecule has 0 aliphatic rings. The van der Waals surface area contributed by atoms with Gasteiger partial charge in [0.1, 0.15) is 6.10 Å². The molecule has 0 bridgehead atoms. The van der Waals surface area contributed by atoms with Gasteiger partial charge in [-0.25, -0.2) is 0 Å². The fraction of sp³-hybridized carbons (Fsp3) is 0.714. The van der Waals surface area contributed by atoms with Crippen molar-refractivity contribution in [3.05, 3.63) is 72.9 Å². The average Bonchev–Trinajstić information content (AvgIpc) is 3.18. The van der Waals surface area contributed by atoms with E-state index >= 15 is 0 Å². The summed E-state index contributed by atoms with van der Waals surface area (Å²) in [5.41, 5.74) is 0. The molecule has 6 heteroatoms. The Morgan fingerprint density at radius 2 is 1.02 bits per heavy atom. The zero-order valence-electron chi connectivity index (χ0n) is 35.8. The number of rotatable bonds is 39. The van der Waals surface area contributed by atoms with E-state index in [2.05, 4.69) is 99.0 Å². The lowest BCUT2D eigenvalue weighted by Crippen LogP contribution is -2.46. The van der Waals surface area contributed by atoms with Crippen LogP contribution >= 0.6 is 0 Å². The van der Waals surface area contributed by atoms with Gasteiger partial charge < -0.3 is 20.3 Å². The minimum absolute atomic E-state index is 0.0491. The van der Waals surface area contributed by atoms with Gasteiger partial charge in [-0.15, -0.1) is 0 Å². The van der Waals surface area contributed by atoms with Crippen LogP contribution in [0.5, 0.6) is 0 Å². The highest BCUT2D eigenvalue weighted by atomic mass is 16.5. The summed E-state index contributed by atoms with van der Waals surface area (Å²) in [6.07, 6.45) is 52.6. The quantitative estimate of drug-likeness (QED) is 0.0329. The first-order valence-electron chi connectivity index (χ1n) is 22.7. The number of amides is 1. The number of hydrogen-bond acceptors (Lipinski definition) is 5. The number of nitrogens with one attached hydrogen (secondary N) is 1. The summed E-state index contributed by atoms with van der Waals surface area (Å²) in [6.45, 7) is 6.24. The average molecular weight is 768 g/mol. The van der Waals surface area contributed by atoms with Crippen LogP contribution in [0.25, 0.3) is 0 Å². The Hall–Kier alpha value is -2.70. The lowest BCUT2D eigenvalue weighted by Gasteiger charge is -2.24. The molecule has 6 nitrogen and oxygen atoms in total. The summed E-state index contributed by atoms with van der Waals surface area (Å²) in [7, 11) is 0. The second-order valence-corrected chi connectivity index (χ2v) is 15.1. The molecule has 0 saturated carbocycles. The first kappa shape index (κ1) is 52.3. The number of carbonyl (C=O) groups is 2. The highest BCUT2D eigenvalue weighted by molar-refractivity contribution is 5.77. The van der Waals surface area contributed by atoms with Gasteiger partial charge >= 0.3 is 5.97 Å². The summed E-state index contributed by atoms with van der Waals surface area (Å²) >= 11 is 0. The predicted molar refractivity (Wildman–Crippen MR) is 236 cm³/mol. The minimum atomic E-state index is -0.796. The molecule has 55 heavy (non-hydrogen) atoms. The zero-order chi connectivity index (χ0) is 40.3. The Morgan fingerprint density at radius 1 is 0.545 bits per heavy atom. The summed E-state index contributed by atoms with van der Waals surface area (Å²) in [6, 6.07) is -0.712. The second-order valence-electron chi connectivity index (χ2n) is 15.1. The maximum absolute atomic E-state index is 13.1. The van der Waals surface area contributed by atoms with Crippen molar-refractivity contribution in [2.75, 3.05) is 6.61 Å². The molecule has 0 aromatic rings. The molecule has 3 unspecified atom stereocenters. The van der Waals surface area contributed by atoms with Gasteiger partial charge in [-0.1, -0.05) is 171 Å². The van der Waals surface area contributed by atoms with Crippen LogP contribution in [0.2, 0.25) is 0 Å². The van der Waals surface area contributed by atoms with Crippen molar-refractivity contribution in [3.8, 4) is 0 Å². The molecule has 0 heterocycles. The van der Waals surface area contributed by atoms with Crippen molar-refractivity contribution < 1.29 is 24.5 Å². The lowest BCUT2D eigenvalue weighted by atomic mass is 10.0. The molecular weight excluding hydrogens is 683 g/mol. The largest absolute Gasteiger partial charge is 0.462 e. The number of unbranched alkanes of at least 4 members (excludes halogenated alkanes) is 15. The van der Waals surface area contributed by atoms with Crippen LogP contribution < -0.4 is 5.32 Å². The molecule has 0 aromatic heterocycles. The van der Waals surface area contributed by atoms with Gasteiger partial charge in [0.15, 0.2) is 0 Å². The third-order valence-electron chi connectivity index (χ3n) is 9.75. The number of hydrogen-bond donors (Lipinski definition) is 3. The van der Waals surface area contributed by atoms with Crippen LogP contribution in [-0.4, -0.2) is 46.9 Å². The van der Waals surface area contributed by atoms with E-state index in [4.69, 9.17) is 4.74 Å². The molecule has 0 radical (unpaired) electrons. The van der Waals surface area contributed by atoms with E-state index in [-0.39, 0.29) is 24.9 Å². The van der Waals surface area contributed by atoms with Crippen LogP contribution in [-0.2, 0) is 14.3 Å². The summed E-state index contributed by atoms with van der Waals surface area (Å²) < 4.78 is 5.86. The Kier molecular flexibility index (Phi) is 40.4. The summed E-state index contributed by atoms with van der Waals surface area (Å²) in [5.74, 6) is -0.540. The van der Waals surface area contributed by atoms with Crippen molar-refractivity contribution in [3.63, 3.8) is 0 Å². The number of aliphatic hydroxyl groups excluding tert-OH is 2. The molecule has 0 aromatic carbocycles.